The van der Waals surface area contributed by atoms with Gasteiger partial charge < -0.3 is 20.1 Å². The van der Waals surface area contributed by atoms with Gasteiger partial charge in [-0.25, -0.2) is 4.99 Å². The van der Waals surface area contributed by atoms with Crippen LogP contribution in [0, 0.1) is 5.41 Å². The van der Waals surface area contributed by atoms with Gasteiger partial charge in [0.15, 0.2) is 5.96 Å². The number of hydrogen-bond acceptors (Lipinski definition) is 3. The number of nitrogens with zero attached hydrogens (tertiary/aromatic N) is 1. The van der Waals surface area contributed by atoms with Crippen LogP contribution in [0.25, 0.3) is 0 Å². The minimum Gasteiger partial charge on any atom is -0.382 e. The number of nitrogens with one attached hydrogen (secondary N) is 2. The van der Waals surface area contributed by atoms with Crippen molar-refractivity contribution in [3.8, 4) is 0 Å². The van der Waals surface area contributed by atoms with E-state index < -0.39 is 0 Å². The number of ether oxygens (including phenoxy) is 2. The molecule has 0 spiro atoms. The Morgan fingerprint density at radius 2 is 1.64 bits per heavy atom. The highest BCUT2D eigenvalue weighted by atomic mass is 16.5. The minimum absolute atomic E-state index is 0.353. The van der Waals surface area contributed by atoms with E-state index in [1.807, 2.05) is 6.92 Å². The molecule has 0 bridgehead atoms. The van der Waals surface area contributed by atoms with Crippen molar-refractivity contribution >= 4 is 5.96 Å². The topological polar surface area (TPSA) is 54.9 Å². The van der Waals surface area contributed by atoms with E-state index >= 15 is 0 Å². The van der Waals surface area contributed by atoms with Crippen LogP contribution in [0.3, 0.4) is 0 Å². The zero-order chi connectivity index (χ0) is 20.1. The molecule has 28 heavy (non-hydrogen) atoms. The van der Waals surface area contributed by atoms with Crippen molar-refractivity contribution in [2.75, 3.05) is 32.9 Å². The Labute approximate surface area is 171 Å². The van der Waals surface area contributed by atoms with E-state index in [-0.39, 0.29) is 0 Å². The van der Waals surface area contributed by atoms with Gasteiger partial charge in [0.05, 0.1) is 13.2 Å². The van der Waals surface area contributed by atoms with E-state index in [2.05, 4.69) is 48.7 Å². The first-order valence-electron chi connectivity index (χ1n) is 11.0. The third-order valence-corrected chi connectivity index (χ3v) is 5.54. The smallest absolute Gasteiger partial charge is 0.191 e. The van der Waals surface area contributed by atoms with Gasteiger partial charge in [0, 0.05) is 32.9 Å². The van der Waals surface area contributed by atoms with Crippen LogP contribution in [-0.2, 0) is 22.6 Å². The Bertz CT molecular complexity index is 566. The average molecular weight is 390 g/mol. The van der Waals surface area contributed by atoms with E-state index in [4.69, 9.17) is 14.5 Å². The molecule has 2 N–H and O–H groups in total. The van der Waals surface area contributed by atoms with Crippen molar-refractivity contribution < 1.29 is 9.47 Å². The van der Waals surface area contributed by atoms with Crippen LogP contribution in [0.2, 0.25) is 0 Å². The highest BCUT2D eigenvalue weighted by Gasteiger charge is 2.33. The summed E-state index contributed by atoms with van der Waals surface area (Å²) in [7, 11) is 0. The predicted octanol–water partition coefficient (Wildman–Crippen LogP) is 4.27. The van der Waals surface area contributed by atoms with E-state index in [0.29, 0.717) is 18.6 Å². The summed E-state index contributed by atoms with van der Waals surface area (Å²) in [6, 6.07) is 8.54. The van der Waals surface area contributed by atoms with Gasteiger partial charge in [0.25, 0.3) is 0 Å². The molecular formula is C23H39N3O2. The van der Waals surface area contributed by atoms with Crippen LogP contribution in [0.1, 0.15) is 64.0 Å². The molecule has 158 valence electrons. The lowest BCUT2D eigenvalue weighted by atomic mass is 9.83. The molecule has 0 heterocycles. The number of rotatable bonds is 12. The van der Waals surface area contributed by atoms with Crippen molar-refractivity contribution in [3.05, 3.63) is 35.4 Å². The minimum atomic E-state index is 0.353. The molecule has 0 aliphatic heterocycles. The molecule has 2 rings (SSSR count). The van der Waals surface area contributed by atoms with Gasteiger partial charge in [-0.15, -0.1) is 0 Å². The van der Waals surface area contributed by atoms with E-state index in [9.17, 15) is 0 Å². The van der Waals surface area contributed by atoms with Gasteiger partial charge in [0.2, 0.25) is 0 Å². The number of hydrogen-bond donors (Lipinski definition) is 2. The Morgan fingerprint density at radius 1 is 0.964 bits per heavy atom. The van der Waals surface area contributed by atoms with Crippen molar-refractivity contribution in [3.63, 3.8) is 0 Å². The Hall–Kier alpha value is -1.59. The normalized spacial score (nSPS) is 16.3. The van der Waals surface area contributed by atoms with E-state index in [1.54, 1.807) is 0 Å². The molecule has 1 saturated carbocycles. The maximum atomic E-state index is 5.63. The standard InChI is InChI=1S/C23H39N3O2/c1-4-24-22(25-17-20-9-11-21(12-10-20)18-28-6-3)26-19-23(13-7-8-14-23)15-16-27-5-2/h9-12H,4-8,13-19H2,1-3H3,(H2,24,25,26). The summed E-state index contributed by atoms with van der Waals surface area (Å²) in [4.78, 5) is 4.80. The van der Waals surface area contributed by atoms with Gasteiger partial charge in [-0.3, -0.25) is 0 Å². The predicted molar refractivity (Wildman–Crippen MR) is 117 cm³/mol. The van der Waals surface area contributed by atoms with Crippen LogP contribution in [-0.4, -0.2) is 38.9 Å². The molecule has 1 aliphatic carbocycles. The van der Waals surface area contributed by atoms with Crippen LogP contribution in [0.4, 0.5) is 0 Å². The zero-order valence-corrected chi connectivity index (χ0v) is 18.1. The largest absolute Gasteiger partial charge is 0.382 e. The molecule has 0 amide bonds. The second-order valence-electron chi connectivity index (χ2n) is 7.66. The SMILES string of the molecule is CCNC(=NCc1ccc(COCC)cc1)NCC1(CCOCC)CCCC1. The van der Waals surface area contributed by atoms with Crippen LogP contribution >= 0.6 is 0 Å². The van der Waals surface area contributed by atoms with Crippen LogP contribution in [0.15, 0.2) is 29.3 Å². The third kappa shape index (κ3) is 7.80. The quantitative estimate of drug-likeness (QED) is 0.318. The summed E-state index contributed by atoms with van der Waals surface area (Å²) in [6.07, 6.45) is 6.36. The summed E-state index contributed by atoms with van der Waals surface area (Å²) < 4.78 is 11.1. The van der Waals surface area contributed by atoms with Gasteiger partial charge in [-0.2, -0.15) is 0 Å². The molecule has 0 radical (unpaired) electrons. The van der Waals surface area contributed by atoms with Crippen molar-refractivity contribution in [1.29, 1.82) is 0 Å². The zero-order valence-electron chi connectivity index (χ0n) is 18.1. The molecule has 0 unspecified atom stereocenters. The number of guanidine groups is 1. The maximum absolute atomic E-state index is 5.63. The highest BCUT2D eigenvalue weighted by Crippen LogP contribution is 2.40. The first-order chi connectivity index (χ1) is 13.7. The fourth-order valence-electron chi connectivity index (χ4n) is 3.82. The highest BCUT2D eigenvalue weighted by molar-refractivity contribution is 5.79. The fraction of sp³-hybridized carbons (Fsp3) is 0.696. The fourth-order valence-corrected chi connectivity index (χ4v) is 3.82. The molecule has 1 fully saturated rings. The Morgan fingerprint density at radius 3 is 2.29 bits per heavy atom. The van der Waals surface area contributed by atoms with Gasteiger partial charge in [0.1, 0.15) is 0 Å². The van der Waals surface area contributed by atoms with Crippen LogP contribution in [0.5, 0.6) is 0 Å². The summed E-state index contributed by atoms with van der Waals surface area (Å²) in [6.45, 7) is 11.8. The monoisotopic (exact) mass is 389 g/mol. The molecule has 5 nitrogen and oxygen atoms in total. The summed E-state index contributed by atoms with van der Waals surface area (Å²) in [5.41, 5.74) is 2.77. The first kappa shape index (κ1) is 22.7. The van der Waals surface area contributed by atoms with Gasteiger partial charge >= 0.3 is 0 Å². The maximum Gasteiger partial charge on any atom is 0.191 e. The summed E-state index contributed by atoms with van der Waals surface area (Å²) in [5, 5.41) is 6.99. The van der Waals surface area contributed by atoms with Crippen molar-refractivity contribution in [2.24, 2.45) is 10.4 Å². The van der Waals surface area contributed by atoms with Gasteiger partial charge in [-0.1, -0.05) is 37.1 Å². The lowest BCUT2D eigenvalue weighted by molar-refractivity contribution is 0.105. The molecule has 1 aromatic rings. The number of aliphatic imine (C=N–C) groups is 1. The molecule has 0 atom stereocenters. The average Bonchev–Trinajstić information content (AvgIpc) is 3.18. The molecule has 0 saturated heterocycles. The molecule has 0 aromatic heterocycles. The second kappa shape index (κ2) is 12.8. The Kier molecular flexibility index (Phi) is 10.4. The molecule has 1 aromatic carbocycles. The van der Waals surface area contributed by atoms with Crippen molar-refractivity contribution in [1.82, 2.24) is 10.6 Å². The first-order valence-corrected chi connectivity index (χ1v) is 11.0. The molecular weight excluding hydrogens is 350 g/mol. The molecule has 5 heteroatoms. The second-order valence-corrected chi connectivity index (χ2v) is 7.66. The van der Waals surface area contributed by atoms with Crippen LogP contribution < -0.4 is 10.6 Å². The van der Waals surface area contributed by atoms with Crippen molar-refractivity contribution in [2.45, 2.75) is 66.0 Å². The summed E-state index contributed by atoms with van der Waals surface area (Å²) in [5.74, 6) is 0.906. The lowest BCUT2D eigenvalue weighted by Gasteiger charge is -2.30. The number of benzene rings is 1. The lowest BCUT2D eigenvalue weighted by Crippen LogP contribution is -2.43. The third-order valence-electron chi connectivity index (χ3n) is 5.54. The van der Waals surface area contributed by atoms with E-state index in [1.165, 1.54) is 36.8 Å². The Balaban J connectivity index is 1.90. The summed E-state index contributed by atoms with van der Waals surface area (Å²) >= 11 is 0. The molecule has 1 aliphatic rings. The van der Waals surface area contributed by atoms with E-state index in [0.717, 1.165) is 45.3 Å². The van der Waals surface area contributed by atoms with Gasteiger partial charge in [-0.05, 0) is 56.6 Å².